The molecule has 0 bridgehead atoms. The summed E-state index contributed by atoms with van der Waals surface area (Å²) in [5.41, 5.74) is 4.00. The van der Waals surface area contributed by atoms with Crippen LogP contribution in [0.5, 0.6) is 0 Å². The van der Waals surface area contributed by atoms with Crippen molar-refractivity contribution in [3.05, 3.63) is 70.8 Å². The van der Waals surface area contributed by atoms with E-state index in [4.69, 9.17) is 0 Å². The second-order valence-corrected chi connectivity index (χ2v) is 4.23. The van der Waals surface area contributed by atoms with E-state index < -0.39 is 0 Å². The highest BCUT2D eigenvalue weighted by Gasteiger charge is 2.27. The molecule has 0 unspecified atom stereocenters. The third-order valence-corrected chi connectivity index (χ3v) is 3.34. The minimum atomic E-state index is 0.157. The fourth-order valence-corrected chi connectivity index (χ4v) is 2.48. The lowest BCUT2D eigenvalue weighted by Gasteiger charge is -2.24. The lowest BCUT2D eigenvalue weighted by atomic mass is 9.78. The molecule has 20 heavy (non-hydrogen) atoms. The van der Waals surface area contributed by atoms with Gasteiger partial charge in [0.15, 0.2) is 5.78 Å². The summed E-state index contributed by atoms with van der Waals surface area (Å²) in [5, 5.41) is 0. The molecule has 106 valence electrons. The predicted octanol–water partition coefficient (Wildman–Crippen LogP) is 5.44. The van der Waals surface area contributed by atoms with Gasteiger partial charge in [0.1, 0.15) is 0 Å². The van der Waals surface area contributed by atoms with Crippen LogP contribution in [0.2, 0.25) is 0 Å². The van der Waals surface area contributed by atoms with Crippen molar-refractivity contribution in [1.82, 2.24) is 0 Å². The molecule has 3 rings (SSSR count). The van der Waals surface area contributed by atoms with Crippen molar-refractivity contribution in [3.8, 4) is 0 Å². The molecule has 2 aromatic carbocycles. The van der Waals surface area contributed by atoms with Crippen LogP contribution < -0.4 is 0 Å². The number of benzene rings is 2. The SMILES string of the molecule is CC.CC.CC1c2ccccc2C(=O)c2ccccc21. The van der Waals surface area contributed by atoms with Crippen LogP contribution in [0.4, 0.5) is 0 Å². The quantitative estimate of drug-likeness (QED) is 0.622. The highest BCUT2D eigenvalue weighted by molar-refractivity contribution is 6.12. The predicted molar refractivity (Wildman–Crippen MR) is 86.5 cm³/mol. The smallest absolute Gasteiger partial charge is 0.193 e. The van der Waals surface area contributed by atoms with Crippen LogP contribution in [0.15, 0.2) is 48.5 Å². The first-order chi connectivity index (χ1) is 9.79. The molecule has 0 atom stereocenters. The standard InChI is InChI=1S/C15H12O.2C2H6/c1-10-11-6-2-4-8-13(11)15(16)14-9-5-3-7-12(10)14;2*1-2/h2-10H,1H3;2*1-2H3. The van der Waals surface area contributed by atoms with Crippen molar-refractivity contribution < 1.29 is 4.79 Å². The number of carbonyl (C=O) groups is 1. The highest BCUT2D eigenvalue weighted by atomic mass is 16.1. The molecule has 1 aliphatic rings. The number of hydrogen-bond donors (Lipinski definition) is 0. The Kier molecular flexibility index (Phi) is 6.17. The van der Waals surface area contributed by atoms with Gasteiger partial charge < -0.3 is 0 Å². The Labute approximate surface area is 122 Å². The van der Waals surface area contributed by atoms with E-state index in [2.05, 4.69) is 6.92 Å². The van der Waals surface area contributed by atoms with Crippen LogP contribution in [0.25, 0.3) is 0 Å². The number of carbonyl (C=O) groups excluding carboxylic acids is 1. The van der Waals surface area contributed by atoms with Gasteiger partial charge >= 0.3 is 0 Å². The number of fused-ring (bicyclic) bond motifs is 2. The maximum atomic E-state index is 12.3. The zero-order chi connectivity index (χ0) is 15.1. The molecular weight excluding hydrogens is 244 g/mol. The second kappa shape index (κ2) is 7.64. The third kappa shape index (κ3) is 2.82. The van der Waals surface area contributed by atoms with E-state index in [9.17, 15) is 4.79 Å². The number of ketones is 1. The van der Waals surface area contributed by atoms with Gasteiger partial charge in [0.2, 0.25) is 0 Å². The Bertz CT molecular complexity index is 520. The van der Waals surface area contributed by atoms with E-state index in [1.54, 1.807) is 0 Å². The van der Waals surface area contributed by atoms with Gasteiger partial charge in [0, 0.05) is 17.0 Å². The number of hydrogen-bond acceptors (Lipinski definition) is 1. The summed E-state index contributed by atoms with van der Waals surface area (Å²) in [6.45, 7) is 10.2. The van der Waals surface area contributed by atoms with Gasteiger partial charge in [-0.3, -0.25) is 4.79 Å². The van der Waals surface area contributed by atoms with E-state index in [0.29, 0.717) is 5.92 Å². The third-order valence-electron chi connectivity index (χ3n) is 3.34. The van der Waals surface area contributed by atoms with Gasteiger partial charge in [0.05, 0.1) is 0 Å². The van der Waals surface area contributed by atoms with Crippen LogP contribution in [-0.2, 0) is 0 Å². The molecule has 0 aliphatic heterocycles. The molecule has 0 amide bonds. The Morgan fingerprint density at radius 3 is 1.45 bits per heavy atom. The van der Waals surface area contributed by atoms with E-state index >= 15 is 0 Å². The first kappa shape index (κ1) is 16.2. The molecule has 0 heterocycles. The molecule has 0 saturated carbocycles. The van der Waals surface area contributed by atoms with Gasteiger partial charge in [-0.25, -0.2) is 0 Å². The van der Waals surface area contributed by atoms with Crippen LogP contribution in [-0.4, -0.2) is 5.78 Å². The Morgan fingerprint density at radius 1 is 0.700 bits per heavy atom. The van der Waals surface area contributed by atoms with Crippen molar-refractivity contribution in [2.75, 3.05) is 0 Å². The maximum absolute atomic E-state index is 12.3. The Balaban J connectivity index is 0.000000461. The zero-order valence-corrected chi connectivity index (χ0v) is 13.1. The molecule has 0 fully saturated rings. The highest BCUT2D eigenvalue weighted by Crippen LogP contribution is 2.35. The lowest BCUT2D eigenvalue weighted by molar-refractivity contribution is 0.103. The zero-order valence-electron chi connectivity index (χ0n) is 13.1. The van der Waals surface area contributed by atoms with E-state index in [-0.39, 0.29) is 5.78 Å². The summed E-state index contributed by atoms with van der Waals surface area (Å²) in [6.07, 6.45) is 0. The summed E-state index contributed by atoms with van der Waals surface area (Å²) in [6, 6.07) is 15.8. The average molecular weight is 268 g/mol. The van der Waals surface area contributed by atoms with E-state index in [1.165, 1.54) is 0 Å². The minimum absolute atomic E-state index is 0.157. The van der Waals surface area contributed by atoms with Crippen LogP contribution in [0.1, 0.15) is 67.6 Å². The summed E-state index contributed by atoms with van der Waals surface area (Å²) in [7, 11) is 0. The molecular formula is C19H24O. The lowest BCUT2D eigenvalue weighted by Crippen LogP contribution is -2.17. The number of rotatable bonds is 0. The van der Waals surface area contributed by atoms with Crippen LogP contribution in [0.3, 0.4) is 0 Å². The molecule has 1 nitrogen and oxygen atoms in total. The van der Waals surface area contributed by atoms with Gasteiger partial charge in [-0.05, 0) is 11.1 Å². The monoisotopic (exact) mass is 268 g/mol. The normalized spacial score (nSPS) is 12.2. The summed E-state index contributed by atoms with van der Waals surface area (Å²) < 4.78 is 0. The van der Waals surface area contributed by atoms with Crippen molar-refractivity contribution >= 4 is 5.78 Å². The van der Waals surface area contributed by atoms with Crippen molar-refractivity contribution in [3.63, 3.8) is 0 Å². The molecule has 0 radical (unpaired) electrons. The largest absolute Gasteiger partial charge is 0.289 e. The van der Waals surface area contributed by atoms with E-state index in [0.717, 1.165) is 22.3 Å². The fraction of sp³-hybridized carbons (Fsp3) is 0.316. The van der Waals surface area contributed by atoms with Crippen molar-refractivity contribution in [2.45, 2.75) is 40.5 Å². The molecule has 0 spiro atoms. The molecule has 2 aromatic rings. The first-order valence-electron chi connectivity index (χ1n) is 7.51. The van der Waals surface area contributed by atoms with Gasteiger partial charge in [-0.15, -0.1) is 0 Å². The molecule has 0 N–H and O–H groups in total. The molecule has 0 saturated heterocycles. The summed E-state index contributed by atoms with van der Waals surface area (Å²) in [5.74, 6) is 0.467. The summed E-state index contributed by atoms with van der Waals surface area (Å²) >= 11 is 0. The Hall–Kier alpha value is -1.89. The van der Waals surface area contributed by atoms with Crippen LogP contribution in [0, 0.1) is 0 Å². The molecule has 0 aromatic heterocycles. The van der Waals surface area contributed by atoms with Gasteiger partial charge in [-0.1, -0.05) is 83.1 Å². The van der Waals surface area contributed by atoms with Crippen molar-refractivity contribution in [2.24, 2.45) is 0 Å². The Morgan fingerprint density at radius 2 is 1.05 bits per heavy atom. The fourth-order valence-electron chi connectivity index (χ4n) is 2.48. The molecule has 1 aliphatic carbocycles. The van der Waals surface area contributed by atoms with Gasteiger partial charge in [0.25, 0.3) is 0 Å². The van der Waals surface area contributed by atoms with Gasteiger partial charge in [-0.2, -0.15) is 0 Å². The summed E-state index contributed by atoms with van der Waals surface area (Å²) in [4.78, 5) is 12.3. The topological polar surface area (TPSA) is 17.1 Å². The molecule has 1 heteroatoms. The van der Waals surface area contributed by atoms with Crippen molar-refractivity contribution in [1.29, 1.82) is 0 Å². The maximum Gasteiger partial charge on any atom is 0.193 e. The van der Waals surface area contributed by atoms with Crippen LogP contribution >= 0.6 is 0 Å². The average Bonchev–Trinajstić information content (AvgIpc) is 2.56. The minimum Gasteiger partial charge on any atom is -0.289 e. The van der Waals surface area contributed by atoms with E-state index in [1.807, 2.05) is 76.2 Å². The first-order valence-corrected chi connectivity index (χ1v) is 7.51. The second-order valence-electron chi connectivity index (χ2n) is 4.23.